The molecule has 354 valence electrons. The fourth-order valence-corrected chi connectivity index (χ4v) is 10.2. The van der Waals surface area contributed by atoms with Gasteiger partial charge in [-0.15, -0.1) is 0 Å². The minimum absolute atomic E-state index is 0.0193. The maximum Gasteiger partial charge on any atom is 0.411 e. The van der Waals surface area contributed by atoms with Gasteiger partial charge in [-0.05, 0) is 90.5 Å². The Balaban J connectivity index is 0.759. The largest absolute Gasteiger partial charge is 0.506 e. The minimum Gasteiger partial charge on any atom is -0.506 e. The lowest BCUT2D eigenvalue weighted by Gasteiger charge is -2.40. The summed E-state index contributed by atoms with van der Waals surface area (Å²) >= 11 is 0. The summed E-state index contributed by atoms with van der Waals surface area (Å²) < 4.78 is 24.5. The number of nitrogens with one attached hydrogen (secondary N) is 3. The molecule has 2 fully saturated rings. The van der Waals surface area contributed by atoms with Gasteiger partial charge in [-0.2, -0.15) is 0 Å². The third kappa shape index (κ3) is 12.8. The van der Waals surface area contributed by atoms with Gasteiger partial charge in [0.15, 0.2) is 20.7 Å². The second kappa shape index (κ2) is 22.0. The van der Waals surface area contributed by atoms with Crippen molar-refractivity contribution in [2.75, 3.05) is 76.8 Å². The molecule has 2 heterocycles. The smallest absolute Gasteiger partial charge is 0.411 e. The Bertz CT molecular complexity index is 2260. The maximum absolute atomic E-state index is 13.0. The highest BCUT2D eigenvalue weighted by atomic mass is 28.4. The molecule has 2 aliphatic heterocycles. The number of nitrogens with zero attached hydrogens (tertiary/aromatic N) is 2. The van der Waals surface area contributed by atoms with E-state index in [1.807, 2.05) is 54.6 Å². The van der Waals surface area contributed by atoms with Gasteiger partial charge in [0.1, 0.15) is 17.5 Å². The number of likely N-dealkylation sites (N-methyl/N-ethyl adjacent to an activating group) is 1. The first-order chi connectivity index (χ1) is 31.6. The van der Waals surface area contributed by atoms with Crippen molar-refractivity contribution in [1.82, 2.24) is 15.1 Å². The van der Waals surface area contributed by atoms with E-state index in [-0.39, 0.29) is 47.1 Å². The molecular weight excluding hydrogens is 851 g/mol. The molecular formula is C52H69N5O8Si. The van der Waals surface area contributed by atoms with Crippen molar-refractivity contribution < 1.29 is 38.1 Å². The maximum atomic E-state index is 13.0. The Morgan fingerprint density at radius 1 is 0.924 bits per heavy atom. The van der Waals surface area contributed by atoms with E-state index in [2.05, 4.69) is 79.0 Å². The van der Waals surface area contributed by atoms with Crippen molar-refractivity contribution in [3.63, 3.8) is 0 Å². The third-order valence-corrected chi connectivity index (χ3v) is 18.3. The number of phenols is 1. The second-order valence-corrected chi connectivity index (χ2v) is 24.4. The van der Waals surface area contributed by atoms with Gasteiger partial charge in [-0.1, -0.05) is 93.6 Å². The number of amides is 3. The topological polar surface area (TPSA) is 151 Å². The summed E-state index contributed by atoms with van der Waals surface area (Å²) in [7, 11) is -0.432. The molecule has 1 saturated carbocycles. The summed E-state index contributed by atoms with van der Waals surface area (Å²) in [5, 5.41) is 19.6. The van der Waals surface area contributed by atoms with E-state index in [9.17, 15) is 19.5 Å². The quantitative estimate of drug-likeness (QED) is 0.0386. The first-order valence-corrected chi connectivity index (χ1v) is 26.5. The number of fused-ring (bicyclic) bond motifs is 2. The van der Waals surface area contributed by atoms with Gasteiger partial charge in [-0.3, -0.25) is 14.9 Å². The van der Waals surface area contributed by atoms with E-state index >= 15 is 0 Å². The average Bonchev–Trinajstić information content (AvgIpc) is 3.85. The van der Waals surface area contributed by atoms with Crippen LogP contribution < -0.4 is 20.7 Å². The Labute approximate surface area is 391 Å². The number of benzene rings is 4. The number of hydrogen-bond acceptors (Lipinski definition) is 10. The molecule has 13 nitrogen and oxygen atoms in total. The summed E-state index contributed by atoms with van der Waals surface area (Å²) in [6.07, 6.45) is 3.08. The number of anilines is 2. The van der Waals surface area contributed by atoms with E-state index in [4.69, 9.17) is 18.6 Å². The highest BCUT2D eigenvalue weighted by Gasteiger charge is 2.43. The molecule has 4 atom stereocenters. The van der Waals surface area contributed by atoms with E-state index in [0.29, 0.717) is 56.9 Å². The van der Waals surface area contributed by atoms with Crippen LogP contribution >= 0.6 is 0 Å². The molecule has 0 aromatic heterocycles. The molecule has 4 N–H and O–H groups in total. The lowest BCUT2D eigenvalue weighted by molar-refractivity contribution is -0.131. The molecule has 3 amide bonds. The Hall–Kier alpha value is -5.25. The van der Waals surface area contributed by atoms with E-state index < -0.39 is 14.4 Å². The van der Waals surface area contributed by atoms with E-state index in [1.54, 1.807) is 24.1 Å². The van der Waals surface area contributed by atoms with Crippen molar-refractivity contribution >= 4 is 37.6 Å². The van der Waals surface area contributed by atoms with Crippen LogP contribution in [0.1, 0.15) is 62.8 Å². The van der Waals surface area contributed by atoms with Crippen molar-refractivity contribution in [1.29, 1.82) is 0 Å². The molecule has 0 bridgehead atoms. The molecule has 0 radical (unpaired) electrons. The number of carbonyl (C=O) groups is 3. The SMILES string of the molecule is CN(CCNC[C@H](O[Si](C)(C)C(C)(C)C)c1ccc(O)c2c1OCC(=O)N2)C(=O)CCOCCc1ccc(CCN2C[C@H]3CC(OC(=O)Nc4ccccc4-c4ccccc4)C[C@H]3C2)cc1. The predicted molar refractivity (Wildman–Crippen MR) is 261 cm³/mol. The Morgan fingerprint density at radius 3 is 2.32 bits per heavy atom. The van der Waals surface area contributed by atoms with Gasteiger partial charge in [0.05, 0.1) is 31.4 Å². The molecule has 1 aliphatic carbocycles. The van der Waals surface area contributed by atoms with E-state index in [1.165, 1.54) is 11.1 Å². The third-order valence-electron chi connectivity index (χ3n) is 13.8. The first-order valence-electron chi connectivity index (χ1n) is 23.5. The minimum atomic E-state index is -2.24. The lowest BCUT2D eigenvalue weighted by Crippen LogP contribution is -2.44. The van der Waals surface area contributed by atoms with Crippen LogP contribution in [0.2, 0.25) is 18.1 Å². The van der Waals surface area contributed by atoms with Crippen LogP contribution in [-0.2, 0) is 36.3 Å². The normalized spacial score (nSPS) is 18.8. The van der Waals surface area contributed by atoms with Crippen LogP contribution in [-0.4, -0.2) is 113 Å². The van der Waals surface area contributed by atoms with E-state index in [0.717, 1.165) is 67.7 Å². The zero-order valence-electron chi connectivity index (χ0n) is 39.6. The van der Waals surface area contributed by atoms with Gasteiger partial charge < -0.3 is 44.2 Å². The summed E-state index contributed by atoms with van der Waals surface area (Å²) in [6, 6.07) is 30.0. The standard InChI is InChI=1S/C52H69N5O8Si/c1-52(2,3)66(5,6)65-46(43-20-21-45(58)49-50(43)63-35-47(59)55-49)32-53-25-27-56(4)48(60)24-29-62-28-23-37-18-16-36(17-19-37)22-26-57-33-39-30-41(31-40(39)34-57)64-51(61)54-44-15-11-10-14-42(44)38-12-8-7-9-13-38/h7-21,39-41,46,53,58H,22-35H2,1-6H3,(H,54,61)(H,55,59)/t39-,40+,41?,46-/m0/s1. The number of aromatic hydroxyl groups is 1. The van der Waals surface area contributed by atoms with Gasteiger partial charge in [0.2, 0.25) is 5.91 Å². The zero-order valence-corrected chi connectivity index (χ0v) is 40.6. The monoisotopic (exact) mass is 919 g/mol. The van der Waals surface area contributed by atoms with Crippen LogP contribution in [0.15, 0.2) is 91.0 Å². The van der Waals surface area contributed by atoms with Gasteiger partial charge in [0, 0.05) is 57.4 Å². The van der Waals surface area contributed by atoms with Crippen LogP contribution in [0.5, 0.6) is 11.5 Å². The molecule has 1 unspecified atom stereocenters. The fourth-order valence-electron chi connectivity index (χ4n) is 8.96. The van der Waals surface area contributed by atoms with Crippen LogP contribution in [0, 0.1) is 11.8 Å². The van der Waals surface area contributed by atoms with Crippen molar-refractivity contribution in [3.05, 3.63) is 108 Å². The van der Waals surface area contributed by atoms with Crippen molar-refractivity contribution in [2.24, 2.45) is 11.8 Å². The Morgan fingerprint density at radius 2 is 1.61 bits per heavy atom. The molecule has 1 saturated heterocycles. The van der Waals surface area contributed by atoms with Crippen molar-refractivity contribution in [3.8, 4) is 22.6 Å². The number of carbonyl (C=O) groups excluding carboxylic acids is 3. The fraction of sp³-hybridized carbons (Fsp3) is 0.481. The Kier molecular flexibility index (Phi) is 16.2. The number of rotatable bonds is 20. The van der Waals surface area contributed by atoms with Crippen LogP contribution in [0.4, 0.5) is 16.2 Å². The van der Waals surface area contributed by atoms with Crippen LogP contribution in [0.25, 0.3) is 11.1 Å². The molecule has 4 aromatic rings. The van der Waals surface area contributed by atoms with Gasteiger partial charge >= 0.3 is 6.09 Å². The molecule has 4 aromatic carbocycles. The van der Waals surface area contributed by atoms with Crippen molar-refractivity contribution in [2.45, 2.75) is 83.2 Å². The number of para-hydroxylation sites is 1. The summed E-state index contributed by atoms with van der Waals surface area (Å²) in [5.41, 5.74) is 6.33. The number of likely N-dealkylation sites (tertiary alicyclic amines) is 1. The molecule has 7 rings (SSSR count). The molecule has 66 heavy (non-hydrogen) atoms. The second-order valence-electron chi connectivity index (χ2n) is 19.6. The predicted octanol–water partition coefficient (Wildman–Crippen LogP) is 8.65. The first kappa shape index (κ1) is 48.7. The zero-order chi connectivity index (χ0) is 46.8. The highest BCUT2D eigenvalue weighted by Crippen LogP contribution is 2.46. The molecule has 3 aliphatic rings. The number of phenolic OH excluding ortho intramolecular Hbond substituents is 1. The summed E-state index contributed by atoms with van der Waals surface area (Å²) in [5.74, 6) is 1.18. The molecule has 14 heteroatoms. The van der Waals surface area contributed by atoms with Gasteiger partial charge in [0.25, 0.3) is 5.91 Å². The number of hydrogen-bond donors (Lipinski definition) is 4. The summed E-state index contributed by atoms with van der Waals surface area (Å²) in [6.45, 7) is 16.3. The van der Waals surface area contributed by atoms with Crippen LogP contribution in [0.3, 0.4) is 0 Å². The van der Waals surface area contributed by atoms with Gasteiger partial charge in [-0.25, -0.2) is 4.79 Å². The average molecular weight is 920 g/mol. The number of ether oxygens (including phenoxy) is 3. The molecule has 0 spiro atoms. The lowest BCUT2D eigenvalue weighted by atomic mass is 10.0. The highest BCUT2D eigenvalue weighted by molar-refractivity contribution is 6.74. The summed E-state index contributed by atoms with van der Waals surface area (Å²) in [4.78, 5) is 42.2.